The second-order valence-corrected chi connectivity index (χ2v) is 9.00. The molecule has 1 saturated heterocycles. The first-order valence-electron chi connectivity index (χ1n) is 10.0. The number of aromatic nitrogens is 2. The zero-order valence-corrected chi connectivity index (χ0v) is 20.4. The standard InChI is InChI=1S/C22H28Cl2N4O2.ClH/c1-15(2)11-26-7-8-27(22(29)13-26)21-9-17(4)28(25-21)12-18-10-19(24)5-6-20(18)30-14-16(3)23;/h5-6,9-10,15H,3,7-8,11-14H2,1-2,4H3;1H. The number of nitrogens with zero attached hydrogens (tertiary/aromatic N) is 4. The van der Waals surface area contributed by atoms with Crippen LogP contribution in [0.25, 0.3) is 0 Å². The third-order valence-corrected chi connectivity index (χ3v) is 5.24. The summed E-state index contributed by atoms with van der Waals surface area (Å²) in [7, 11) is 0. The van der Waals surface area contributed by atoms with Crippen LogP contribution in [0.3, 0.4) is 0 Å². The molecule has 0 spiro atoms. The lowest BCUT2D eigenvalue weighted by atomic mass is 10.2. The first-order valence-corrected chi connectivity index (χ1v) is 10.8. The van der Waals surface area contributed by atoms with Gasteiger partial charge in [-0.2, -0.15) is 5.10 Å². The van der Waals surface area contributed by atoms with Crippen LogP contribution in [0.2, 0.25) is 5.02 Å². The first-order chi connectivity index (χ1) is 14.2. The molecule has 0 saturated carbocycles. The Morgan fingerprint density at radius 2 is 2.03 bits per heavy atom. The third kappa shape index (κ3) is 6.88. The topological polar surface area (TPSA) is 50.6 Å². The van der Waals surface area contributed by atoms with Gasteiger partial charge < -0.3 is 4.74 Å². The van der Waals surface area contributed by atoms with Crippen LogP contribution in [0.1, 0.15) is 25.1 Å². The van der Waals surface area contributed by atoms with Crippen LogP contribution in [-0.2, 0) is 11.3 Å². The van der Waals surface area contributed by atoms with Crippen molar-refractivity contribution in [1.29, 1.82) is 0 Å². The highest BCUT2D eigenvalue weighted by Gasteiger charge is 2.27. The van der Waals surface area contributed by atoms with Gasteiger partial charge in [0, 0.05) is 47.0 Å². The lowest BCUT2D eigenvalue weighted by Gasteiger charge is -2.33. The Kier molecular flexibility index (Phi) is 9.25. The SMILES string of the molecule is C=C(Cl)COc1ccc(Cl)cc1Cn1nc(N2CCN(CC(C)C)CC2=O)cc1C.Cl. The summed E-state index contributed by atoms with van der Waals surface area (Å²) in [5.41, 5.74) is 1.83. The fraction of sp³-hybridized carbons (Fsp3) is 0.455. The second-order valence-electron chi connectivity index (χ2n) is 8.03. The number of hydrogen-bond donors (Lipinski definition) is 0. The average Bonchev–Trinajstić information content (AvgIpc) is 3.00. The Balaban J connectivity index is 0.00000341. The molecule has 0 aliphatic carbocycles. The van der Waals surface area contributed by atoms with E-state index in [1.807, 2.05) is 29.8 Å². The Hall–Kier alpha value is -1.73. The largest absolute Gasteiger partial charge is 0.488 e. The maximum atomic E-state index is 12.7. The Labute approximate surface area is 200 Å². The summed E-state index contributed by atoms with van der Waals surface area (Å²) in [5, 5.41) is 5.73. The first kappa shape index (κ1) is 25.5. The highest BCUT2D eigenvalue weighted by Crippen LogP contribution is 2.26. The summed E-state index contributed by atoms with van der Waals surface area (Å²) in [6, 6.07) is 7.38. The van der Waals surface area contributed by atoms with Crippen molar-refractivity contribution in [1.82, 2.24) is 14.7 Å². The van der Waals surface area contributed by atoms with Crippen LogP contribution < -0.4 is 9.64 Å². The van der Waals surface area contributed by atoms with Gasteiger partial charge in [-0.15, -0.1) is 12.4 Å². The van der Waals surface area contributed by atoms with Gasteiger partial charge in [0.2, 0.25) is 5.91 Å². The Morgan fingerprint density at radius 3 is 2.68 bits per heavy atom. The van der Waals surface area contributed by atoms with Gasteiger partial charge in [-0.05, 0) is 31.0 Å². The normalized spacial score (nSPS) is 14.6. The fourth-order valence-corrected chi connectivity index (χ4v) is 3.80. The molecule has 1 aliphatic rings. The molecular formula is C22H29Cl3N4O2. The molecule has 2 heterocycles. The molecule has 1 fully saturated rings. The van der Waals surface area contributed by atoms with Crippen LogP contribution >= 0.6 is 35.6 Å². The molecule has 0 N–H and O–H groups in total. The van der Waals surface area contributed by atoms with Crippen LogP contribution in [-0.4, -0.2) is 53.4 Å². The number of rotatable bonds is 8. The minimum atomic E-state index is 0. The predicted octanol–water partition coefficient (Wildman–Crippen LogP) is 4.75. The molecule has 1 aromatic carbocycles. The monoisotopic (exact) mass is 486 g/mol. The zero-order valence-electron chi connectivity index (χ0n) is 18.1. The van der Waals surface area contributed by atoms with E-state index in [9.17, 15) is 4.79 Å². The van der Waals surface area contributed by atoms with E-state index in [-0.39, 0.29) is 24.9 Å². The maximum absolute atomic E-state index is 12.7. The van der Waals surface area contributed by atoms with Crippen LogP contribution in [0.15, 0.2) is 35.9 Å². The summed E-state index contributed by atoms with van der Waals surface area (Å²) in [6.07, 6.45) is 0. The van der Waals surface area contributed by atoms with Crippen molar-refractivity contribution in [3.05, 3.63) is 52.2 Å². The Bertz CT molecular complexity index is 929. The fourth-order valence-electron chi connectivity index (χ4n) is 3.55. The Morgan fingerprint density at radius 1 is 1.29 bits per heavy atom. The number of carbonyl (C=O) groups excluding carboxylic acids is 1. The average molecular weight is 488 g/mol. The van der Waals surface area contributed by atoms with Crippen molar-refractivity contribution in [3.8, 4) is 5.75 Å². The number of ether oxygens (including phenoxy) is 1. The van der Waals surface area contributed by atoms with E-state index in [0.717, 1.165) is 24.3 Å². The summed E-state index contributed by atoms with van der Waals surface area (Å²) < 4.78 is 7.61. The van der Waals surface area contributed by atoms with E-state index in [0.29, 0.717) is 47.2 Å². The number of carbonyl (C=O) groups is 1. The van der Waals surface area contributed by atoms with Crippen LogP contribution in [0.5, 0.6) is 5.75 Å². The van der Waals surface area contributed by atoms with Crippen molar-refractivity contribution in [2.75, 3.05) is 37.7 Å². The van der Waals surface area contributed by atoms with Crippen molar-refractivity contribution in [3.63, 3.8) is 0 Å². The zero-order chi connectivity index (χ0) is 21.8. The molecule has 0 bridgehead atoms. The molecule has 170 valence electrons. The molecule has 31 heavy (non-hydrogen) atoms. The summed E-state index contributed by atoms with van der Waals surface area (Å²) in [6.45, 7) is 13.5. The molecule has 6 nitrogen and oxygen atoms in total. The van der Waals surface area contributed by atoms with E-state index < -0.39 is 0 Å². The van der Waals surface area contributed by atoms with E-state index in [4.69, 9.17) is 33.0 Å². The molecule has 0 radical (unpaired) electrons. The van der Waals surface area contributed by atoms with Crippen molar-refractivity contribution in [2.24, 2.45) is 5.92 Å². The minimum Gasteiger partial charge on any atom is -0.488 e. The maximum Gasteiger partial charge on any atom is 0.242 e. The smallest absolute Gasteiger partial charge is 0.242 e. The van der Waals surface area contributed by atoms with Crippen molar-refractivity contribution >= 4 is 47.3 Å². The van der Waals surface area contributed by atoms with Gasteiger partial charge in [-0.3, -0.25) is 19.3 Å². The van der Waals surface area contributed by atoms with Gasteiger partial charge >= 0.3 is 0 Å². The number of benzene rings is 1. The number of halogens is 3. The van der Waals surface area contributed by atoms with Crippen LogP contribution in [0.4, 0.5) is 5.82 Å². The van der Waals surface area contributed by atoms with E-state index in [2.05, 4.69) is 25.3 Å². The lowest BCUT2D eigenvalue weighted by molar-refractivity contribution is -0.121. The van der Waals surface area contributed by atoms with Crippen molar-refractivity contribution < 1.29 is 9.53 Å². The minimum absolute atomic E-state index is 0. The van der Waals surface area contributed by atoms with Crippen LogP contribution in [0, 0.1) is 12.8 Å². The van der Waals surface area contributed by atoms with Gasteiger partial charge in [-0.25, -0.2) is 0 Å². The number of aryl methyl sites for hydroxylation is 1. The highest BCUT2D eigenvalue weighted by atomic mass is 35.5. The van der Waals surface area contributed by atoms with Gasteiger partial charge in [-0.1, -0.05) is 43.6 Å². The molecule has 2 aromatic rings. The summed E-state index contributed by atoms with van der Waals surface area (Å²) >= 11 is 12.0. The predicted molar refractivity (Wildman–Crippen MR) is 129 cm³/mol. The summed E-state index contributed by atoms with van der Waals surface area (Å²) in [4.78, 5) is 16.7. The van der Waals surface area contributed by atoms with Gasteiger partial charge in [0.05, 0.1) is 13.1 Å². The third-order valence-electron chi connectivity index (χ3n) is 4.89. The van der Waals surface area contributed by atoms with Crippen molar-refractivity contribution in [2.45, 2.75) is 27.3 Å². The molecular weight excluding hydrogens is 459 g/mol. The highest BCUT2D eigenvalue weighted by molar-refractivity contribution is 6.30. The number of piperazine rings is 1. The summed E-state index contributed by atoms with van der Waals surface area (Å²) in [5.74, 6) is 1.98. The van der Waals surface area contributed by atoms with Gasteiger partial charge in [0.15, 0.2) is 5.82 Å². The van der Waals surface area contributed by atoms with E-state index >= 15 is 0 Å². The molecule has 3 rings (SSSR count). The number of amides is 1. The van der Waals surface area contributed by atoms with Gasteiger partial charge in [0.1, 0.15) is 12.4 Å². The number of hydrogen-bond acceptors (Lipinski definition) is 4. The molecule has 0 unspecified atom stereocenters. The number of anilines is 1. The second kappa shape index (κ2) is 11.2. The quantitative estimate of drug-likeness (QED) is 0.539. The van der Waals surface area contributed by atoms with E-state index in [1.165, 1.54) is 0 Å². The molecule has 1 aliphatic heterocycles. The molecule has 9 heteroatoms. The molecule has 0 atom stereocenters. The van der Waals surface area contributed by atoms with Gasteiger partial charge in [0.25, 0.3) is 0 Å². The lowest BCUT2D eigenvalue weighted by Crippen LogP contribution is -2.51. The molecule has 1 aromatic heterocycles. The van der Waals surface area contributed by atoms with E-state index in [1.54, 1.807) is 11.0 Å². The molecule has 1 amide bonds.